The first-order valence-corrected chi connectivity index (χ1v) is 7.95. The summed E-state index contributed by atoms with van der Waals surface area (Å²) in [6, 6.07) is -2.55. The first-order chi connectivity index (χ1) is 10.5. The van der Waals surface area contributed by atoms with Gasteiger partial charge in [0.2, 0.25) is 0 Å². The Balaban J connectivity index is 3.20. The first kappa shape index (κ1) is 21.3. The molecule has 0 spiro atoms. The molecular formula is C10H13F9N2O2S. The smallest absolute Gasteiger partial charge is 0.326 e. The van der Waals surface area contributed by atoms with Crippen molar-refractivity contribution in [2.75, 3.05) is 0 Å². The predicted octanol–water partition coefficient (Wildman–Crippen LogP) is 2.60. The van der Waals surface area contributed by atoms with Crippen molar-refractivity contribution in [1.29, 1.82) is 0 Å². The van der Waals surface area contributed by atoms with Gasteiger partial charge in [-0.1, -0.05) is 12.8 Å². The van der Waals surface area contributed by atoms with Crippen LogP contribution in [0.3, 0.4) is 0 Å². The molecule has 0 aliphatic heterocycles. The highest BCUT2D eigenvalue weighted by Gasteiger charge is 2.85. The zero-order chi connectivity index (χ0) is 19.2. The zero-order valence-corrected chi connectivity index (χ0v) is 12.5. The van der Waals surface area contributed by atoms with Crippen LogP contribution in [-0.4, -0.2) is 43.8 Å². The lowest BCUT2D eigenvalue weighted by Gasteiger charge is -2.35. The molecule has 2 atom stereocenters. The minimum atomic E-state index is -7.27. The van der Waals surface area contributed by atoms with Gasteiger partial charge in [0, 0.05) is 12.1 Å². The SMILES string of the molecule is NC1CCCCC1NS(=O)(=O)C(F)(F)C(F)(F)C(F)(F)C(F)(F)F. The summed E-state index contributed by atoms with van der Waals surface area (Å²) in [6.07, 6.45) is -6.35. The van der Waals surface area contributed by atoms with Gasteiger partial charge in [-0.05, 0) is 12.8 Å². The van der Waals surface area contributed by atoms with Crippen molar-refractivity contribution < 1.29 is 47.9 Å². The van der Waals surface area contributed by atoms with Crippen molar-refractivity contribution >= 4 is 10.0 Å². The lowest BCUT2D eigenvalue weighted by atomic mass is 9.92. The number of alkyl halides is 9. The molecule has 4 nitrogen and oxygen atoms in total. The Morgan fingerprint density at radius 1 is 0.833 bits per heavy atom. The molecule has 0 aromatic heterocycles. The molecule has 0 heterocycles. The van der Waals surface area contributed by atoms with Crippen LogP contribution in [0.4, 0.5) is 39.5 Å². The second kappa shape index (κ2) is 6.20. The third kappa shape index (κ3) is 3.31. The minimum Gasteiger partial charge on any atom is -0.326 e. The number of halogens is 9. The van der Waals surface area contributed by atoms with E-state index in [9.17, 15) is 47.9 Å². The van der Waals surface area contributed by atoms with Gasteiger partial charge in [-0.15, -0.1) is 0 Å². The van der Waals surface area contributed by atoms with Crippen LogP contribution in [0.15, 0.2) is 0 Å². The molecule has 144 valence electrons. The van der Waals surface area contributed by atoms with Crippen molar-refractivity contribution in [3.05, 3.63) is 0 Å². The van der Waals surface area contributed by atoms with Gasteiger partial charge in [0.15, 0.2) is 0 Å². The number of sulfonamides is 1. The second-order valence-corrected chi connectivity index (χ2v) is 7.09. The molecule has 0 radical (unpaired) electrons. The molecule has 14 heteroatoms. The number of nitrogens with two attached hydrogens (primary N) is 1. The van der Waals surface area contributed by atoms with E-state index in [4.69, 9.17) is 5.73 Å². The summed E-state index contributed by atoms with van der Waals surface area (Å²) < 4.78 is 138. The largest absolute Gasteiger partial charge is 0.460 e. The monoisotopic (exact) mass is 396 g/mol. The lowest BCUT2D eigenvalue weighted by Crippen LogP contribution is -2.66. The highest BCUT2D eigenvalue weighted by atomic mass is 32.2. The quantitative estimate of drug-likeness (QED) is 0.702. The molecule has 1 aliphatic rings. The molecule has 0 amide bonds. The summed E-state index contributed by atoms with van der Waals surface area (Å²) in [5.74, 6) is -14.5. The summed E-state index contributed by atoms with van der Waals surface area (Å²) in [7, 11) is -6.59. The van der Waals surface area contributed by atoms with Crippen LogP contribution in [0.25, 0.3) is 0 Å². The van der Waals surface area contributed by atoms with Crippen molar-refractivity contribution in [3.8, 4) is 0 Å². The fourth-order valence-corrected chi connectivity index (χ4v) is 3.41. The fraction of sp³-hybridized carbons (Fsp3) is 1.00. The van der Waals surface area contributed by atoms with Gasteiger partial charge >= 0.3 is 23.3 Å². The van der Waals surface area contributed by atoms with Crippen LogP contribution < -0.4 is 10.5 Å². The van der Waals surface area contributed by atoms with Gasteiger partial charge in [-0.2, -0.15) is 39.5 Å². The third-order valence-electron chi connectivity index (χ3n) is 3.58. The van der Waals surface area contributed by atoms with Crippen molar-refractivity contribution in [3.63, 3.8) is 0 Å². The van der Waals surface area contributed by atoms with E-state index < -0.39 is 45.4 Å². The number of hydrogen-bond donors (Lipinski definition) is 2. The molecule has 1 fully saturated rings. The Hall–Kier alpha value is -0.760. The molecule has 3 N–H and O–H groups in total. The van der Waals surface area contributed by atoms with E-state index in [1.807, 2.05) is 0 Å². The van der Waals surface area contributed by atoms with E-state index in [0.717, 1.165) is 4.72 Å². The van der Waals surface area contributed by atoms with Crippen LogP contribution in [-0.2, 0) is 10.0 Å². The molecular weight excluding hydrogens is 383 g/mol. The third-order valence-corrected chi connectivity index (χ3v) is 5.12. The topological polar surface area (TPSA) is 72.2 Å². The van der Waals surface area contributed by atoms with E-state index in [1.54, 1.807) is 0 Å². The normalized spacial score (nSPS) is 24.9. The number of rotatable bonds is 5. The first-order valence-electron chi connectivity index (χ1n) is 6.46. The van der Waals surface area contributed by atoms with Gasteiger partial charge in [-0.3, -0.25) is 0 Å². The Kier molecular flexibility index (Phi) is 5.49. The molecule has 1 saturated carbocycles. The highest BCUT2D eigenvalue weighted by molar-refractivity contribution is 7.90. The average Bonchev–Trinajstić information content (AvgIpc) is 2.39. The zero-order valence-electron chi connectivity index (χ0n) is 11.7. The van der Waals surface area contributed by atoms with Gasteiger partial charge in [0.1, 0.15) is 0 Å². The van der Waals surface area contributed by atoms with E-state index in [-0.39, 0.29) is 19.3 Å². The molecule has 2 unspecified atom stereocenters. The van der Waals surface area contributed by atoms with Crippen LogP contribution in [0.2, 0.25) is 0 Å². The Labute approximate surface area is 130 Å². The predicted molar refractivity (Wildman–Crippen MR) is 63.2 cm³/mol. The van der Waals surface area contributed by atoms with Crippen LogP contribution in [0.5, 0.6) is 0 Å². The van der Waals surface area contributed by atoms with Crippen molar-refractivity contribution in [2.24, 2.45) is 5.73 Å². The summed E-state index contributed by atoms with van der Waals surface area (Å²) in [6.45, 7) is 0. The molecule has 0 saturated heterocycles. The summed E-state index contributed by atoms with van der Waals surface area (Å²) in [4.78, 5) is 0. The maximum Gasteiger partial charge on any atom is 0.460 e. The molecule has 0 aromatic carbocycles. The second-order valence-electron chi connectivity index (χ2n) is 5.34. The number of hydrogen-bond acceptors (Lipinski definition) is 3. The van der Waals surface area contributed by atoms with Gasteiger partial charge in [0.25, 0.3) is 10.0 Å². The van der Waals surface area contributed by atoms with E-state index in [2.05, 4.69) is 0 Å². The average molecular weight is 396 g/mol. The summed E-state index contributed by atoms with van der Waals surface area (Å²) in [5.41, 5.74) is 5.41. The lowest BCUT2D eigenvalue weighted by molar-refractivity contribution is -0.382. The Morgan fingerprint density at radius 2 is 1.29 bits per heavy atom. The maximum absolute atomic E-state index is 13.5. The van der Waals surface area contributed by atoms with Crippen LogP contribution in [0, 0.1) is 0 Å². The Bertz CT molecular complexity index is 561. The molecule has 24 heavy (non-hydrogen) atoms. The molecule has 0 aromatic rings. The standard InChI is InChI=1S/C10H13F9N2O2S/c11-7(12,9(15,16)17)8(13,14)10(18,19)24(22,23)21-6-4-2-1-3-5(6)20/h5-6,21H,1-4,20H2. The van der Waals surface area contributed by atoms with Crippen molar-refractivity contribution in [1.82, 2.24) is 4.72 Å². The van der Waals surface area contributed by atoms with E-state index in [0.29, 0.717) is 6.42 Å². The van der Waals surface area contributed by atoms with Gasteiger partial charge < -0.3 is 5.73 Å². The highest BCUT2D eigenvalue weighted by Crippen LogP contribution is 2.54. The maximum atomic E-state index is 13.5. The van der Waals surface area contributed by atoms with Crippen LogP contribution >= 0.6 is 0 Å². The molecule has 1 aliphatic carbocycles. The van der Waals surface area contributed by atoms with Crippen molar-refractivity contribution in [2.45, 2.75) is 61.0 Å². The molecule has 1 rings (SSSR count). The van der Waals surface area contributed by atoms with Crippen LogP contribution in [0.1, 0.15) is 25.7 Å². The van der Waals surface area contributed by atoms with Gasteiger partial charge in [0.05, 0.1) is 0 Å². The van der Waals surface area contributed by atoms with E-state index in [1.165, 1.54) is 0 Å². The fourth-order valence-electron chi connectivity index (χ4n) is 2.11. The summed E-state index contributed by atoms with van der Waals surface area (Å²) in [5, 5.41) is -6.73. The Morgan fingerprint density at radius 3 is 1.71 bits per heavy atom. The summed E-state index contributed by atoms with van der Waals surface area (Å²) >= 11 is 0. The van der Waals surface area contributed by atoms with E-state index >= 15 is 0 Å². The molecule has 0 bridgehead atoms. The van der Waals surface area contributed by atoms with Gasteiger partial charge in [-0.25, -0.2) is 13.1 Å². The number of nitrogens with one attached hydrogen (secondary N) is 1. The minimum absolute atomic E-state index is 0.133.